The Morgan fingerprint density at radius 3 is 3.12 bits per heavy atom. The molecule has 0 unspecified atom stereocenters. The van der Waals surface area contributed by atoms with Gasteiger partial charge in [-0.3, -0.25) is 0 Å². The first-order valence-electron chi connectivity index (χ1n) is 5.74. The van der Waals surface area contributed by atoms with Gasteiger partial charge in [-0.25, -0.2) is 0 Å². The number of benzene rings is 1. The summed E-state index contributed by atoms with van der Waals surface area (Å²) in [6, 6.07) is 6.70. The second kappa shape index (κ2) is 3.79. The fourth-order valence-corrected chi connectivity index (χ4v) is 2.81. The molecule has 3 rings (SSSR count). The van der Waals surface area contributed by atoms with Crippen molar-refractivity contribution in [3.63, 3.8) is 0 Å². The van der Waals surface area contributed by atoms with Crippen LogP contribution < -0.4 is 5.32 Å². The minimum atomic E-state index is 0.602. The van der Waals surface area contributed by atoms with Crippen molar-refractivity contribution in [2.24, 2.45) is 0 Å². The largest absolute Gasteiger partial charge is 0.358 e. The lowest BCUT2D eigenvalue weighted by atomic mass is 9.91. The van der Waals surface area contributed by atoms with Crippen molar-refractivity contribution in [2.45, 2.75) is 25.3 Å². The summed E-state index contributed by atoms with van der Waals surface area (Å²) < 4.78 is 0. The predicted molar refractivity (Wildman–Crippen MR) is 68.2 cm³/mol. The van der Waals surface area contributed by atoms with Gasteiger partial charge in [0.15, 0.2) is 0 Å². The molecule has 2 N–H and O–H groups in total. The van der Waals surface area contributed by atoms with Crippen LogP contribution in [-0.2, 0) is 12.8 Å². The summed E-state index contributed by atoms with van der Waals surface area (Å²) in [5, 5.41) is 5.48. The Balaban J connectivity index is 2.15. The second-order valence-corrected chi connectivity index (χ2v) is 4.94. The van der Waals surface area contributed by atoms with E-state index in [2.05, 4.69) is 22.4 Å². The van der Waals surface area contributed by atoms with Crippen LogP contribution in [0, 0.1) is 0 Å². The molecule has 0 amide bonds. The Morgan fingerprint density at radius 2 is 2.31 bits per heavy atom. The molecule has 1 atom stereocenters. The number of H-pyrrole nitrogens is 1. The van der Waals surface area contributed by atoms with E-state index in [0.29, 0.717) is 6.04 Å². The van der Waals surface area contributed by atoms with Crippen molar-refractivity contribution in [1.29, 1.82) is 0 Å². The summed E-state index contributed by atoms with van der Waals surface area (Å²) in [7, 11) is 2.04. The number of aromatic amines is 1. The van der Waals surface area contributed by atoms with E-state index < -0.39 is 0 Å². The SMILES string of the molecule is CN[C@@H]1CCc2[nH]c3ccc(Cl)cc3c2C1. The minimum absolute atomic E-state index is 0.602. The van der Waals surface area contributed by atoms with Crippen LogP contribution in [0.25, 0.3) is 10.9 Å². The van der Waals surface area contributed by atoms with Crippen molar-refractivity contribution in [2.75, 3.05) is 7.05 Å². The van der Waals surface area contributed by atoms with Gasteiger partial charge in [0.05, 0.1) is 0 Å². The molecular weight excluding hydrogens is 220 g/mol. The molecule has 0 radical (unpaired) electrons. The number of aromatic nitrogens is 1. The van der Waals surface area contributed by atoms with Gasteiger partial charge in [-0.05, 0) is 50.1 Å². The number of halogens is 1. The fourth-order valence-electron chi connectivity index (χ4n) is 2.64. The van der Waals surface area contributed by atoms with Gasteiger partial charge < -0.3 is 10.3 Å². The lowest BCUT2D eigenvalue weighted by Crippen LogP contribution is -2.31. The van der Waals surface area contributed by atoms with E-state index in [-0.39, 0.29) is 0 Å². The van der Waals surface area contributed by atoms with E-state index in [9.17, 15) is 0 Å². The number of hydrogen-bond acceptors (Lipinski definition) is 1. The van der Waals surface area contributed by atoms with Crippen molar-refractivity contribution >= 4 is 22.5 Å². The van der Waals surface area contributed by atoms with E-state index in [4.69, 9.17) is 11.6 Å². The normalized spacial score (nSPS) is 20.0. The standard InChI is InChI=1S/C13H15ClN2/c1-15-9-3-5-13-11(7-9)10-6-8(14)2-4-12(10)16-13/h2,4,6,9,15-16H,3,5,7H2,1H3/t9-/m1/s1. The van der Waals surface area contributed by atoms with E-state index in [1.165, 1.54) is 28.6 Å². The molecule has 1 aromatic heterocycles. The first-order chi connectivity index (χ1) is 7.78. The molecule has 2 aromatic rings. The molecule has 1 aliphatic rings. The van der Waals surface area contributed by atoms with Gasteiger partial charge in [0.1, 0.15) is 0 Å². The van der Waals surface area contributed by atoms with Gasteiger partial charge in [-0.2, -0.15) is 0 Å². The third-order valence-corrected chi connectivity index (χ3v) is 3.79. The number of nitrogens with one attached hydrogen (secondary N) is 2. The Hall–Kier alpha value is -0.990. The molecule has 1 aromatic carbocycles. The first-order valence-corrected chi connectivity index (χ1v) is 6.12. The van der Waals surface area contributed by atoms with E-state index in [0.717, 1.165) is 17.9 Å². The summed E-state index contributed by atoms with van der Waals surface area (Å²) in [6.07, 6.45) is 3.45. The molecule has 2 nitrogen and oxygen atoms in total. The number of hydrogen-bond donors (Lipinski definition) is 2. The summed E-state index contributed by atoms with van der Waals surface area (Å²) >= 11 is 6.06. The maximum atomic E-state index is 6.06. The lowest BCUT2D eigenvalue weighted by molar-refractivity contribution is 0.495. The van der Waals surface area contributed by atoms with E-state index in [1.54, 1.807) is 0 Å². The number of likely N-dealkylation sites (N-methyl/N-ethyl adjacent to an activating group) is 1. The molecule has 0 spiro atoms. The zero-order valence-corrected chi connectivity index (χ0v) is 10.1. The van der Waals surface area contributed by atoms with Gasteiger partial charge in [0.2, 0.25) is 0 Å². The maximum Gasteiger partial charge on any atom is 0.0460 e. The van der Waals surface area contributed by atoms with Crippen molar-refractivity contribution in [1.82, 2.24) is 10.3 Å². The molecule has 0 aliphatic heterocycles. The van der Waals surface area contributed by atoms with Crippen LogP contribution >= 0.6 is 11.6 Å². The van der Waals surface area contributed by atoms with Gasteiger partial charge in [-0.1, -0.05) is 11.6 Å². The van der Waals surface area contributed by atoms with Crippen molar-refractivity contribution in [3.8, 4) is 0 Å². The van der Waals surface area contributed by atoms with E-state index >= 15 is 0 Å². The molecule has 84 valence electrons. The number of fused-ring (bicyclic) bond motifs is 3. The van der Waals surface area contributed by atoms with Crippen LogP contribution in [0.1, 0.15) is 17.7 Å². The Labute approximate surface area is 100.0 Å². The summed E-state index contributed by atoms with van der Waals surface area (Å²) in [5.41, 5.74) is 4.05. The molecule has 1 heterocycles. The average Bonchev–Trinajstić information content (AvgIpc) is 2.66. The highest BCUT2D eigenvalue weighted by Gasteiger charge is 2.21. The Kier molecular flexibility index (Phi) is 2.41. The molecule has 0 saturated carbocycles. The van der Waals surface area contributed by atoms with Crippen LogP contribution in [0.4, 0.5) is 0 Å². The highest BCUT2D eigenvalue weighted by molar-refractivity contribution is 6.31. The van der Waals surface area contributed by atoms with Crippen LogP contribution in [0.15, 0.2) is 18.2 Å². The third-order valence-electron chi connectivity index (χ3n) is 3.56. The molecule has 16 heavy (non-hydrogen) atoms. The van der Waals surface area contributed by atoms with Crippen molar-refractivity contribution in [3.05, 3.63) is 34.5 Å². The summed E-state index contributed by atoms with van der Waals surface area (Å²) in [4.78, 5) is 3.50. The molecule has 0 bridgehead atoms. The van der Waals surface area contributed by atoms with Gasteiger partial charge in [0.25, 0.3) is 0 Å². The summed E-state index contributed by atoms with van der Waals surface area (Å²) in [6.45, 7) is 0. The Morgan fingerprint density at radius 1 is 1.44 bits per heavy atom. The summed E-state index contributed by atoms with van der Waals surface area (Å²) in [5.74, 6) is 0. The lowest BCUT2D eigenvalue weighted by Gasteiger charge is -2.21. The number of rotatable bonds is 1. The first kappa shape index (κ1) is 10.2. The number of aryl methyl sites for hydroxylation is 1. The van der Waals surface area contributed by atoms with Crippen LogP contribution in [0.5, 0.6) is 0 Å². The van der Waals surface area contributed by atoms with Crippen LogP contribution in [0.2, 0.25) is 5.02 Å². The molecule has 0 saturated heterocycles. The quantitative estimate of drug-likeness (QED) is 0.780. The highest BCUT2D eigenvalue weighted by Crippen LogP contribution is 2.30. The molecule has 3 heteroatoms. The van der Waals surface area contributed by atoms with E-state index in [1.807, 2.05) is 13.1 Å². The van der Waals surface area contributed by atoms with Gasteiger partial charge in [-0.15, -0.1) is 0 Å². The zero-order valence-electron chi connectivity index (χ0n) is 9.31. The third kappa shape index (κ3) is 1.53. The smallest absolute Gasteiger partial charge is 0.0460 e. The highest BCUT2D eigenvalue weighted by atomic mass is 35.5. The Bertz CT molecular complexity index is 530. The molecule has 1 aliphatic carbocycles. The maximum absolute atomic E-state index is 6.06. The fraction of sp³-hybridized carbons (Fsp3) is 0.385. The molecule has 0 fully saturated rings. The van der Waals surface area contributed by atoms with Gasteiger partial charge >= 0.3 is 0 Å². The van der Waals surface area contributed by atoms with Crippen LogP contribution in [0.3, 0.4) is 0 Å². The molecular formula is C13H15ClN2. The second-order valence-electron chi connectivity index (χ2n) is 4.50. The van der Waals surface area contributed by atoms with Crippen LogP contribution in [-0.4, -0.2) is 18.1 Å². The van der Waals surface area contributed by atoms with Crippen molar-refractivity contribution < 1.29 is 0 Å². The minimum Gasteiger partial charge on any atom is -0.358 e. The topological polar surface area (TPSA) is 27.8 Å². The monoisotopic (exact) mass is 234 g/mol. The average molecular weight is 235 g/mol. The predicted octanol–water partition coefficient (Wildman–Crippen LogP) is 2.90. The van der Waals surface area contributed by atoms with Gasteiger partial charge in [0, 0.05) is 27.7 Å². The zero-order chi connectivity index (χ0) is 11.1.